The number of carbonyl (C=O) groups is 20. The molecule has 0 spiro atoms. The number of aromatic nitrogens is 1. The smallest absolute Gasteiger partial charge is 0.329 e. The maximum absolute atomic E-state index is 15.0. The van der Waals surface area contributed by atoms with Gasteiger partial charge in [-0.2, -0.15) is 0 Å². The van der Waals surface area contributed by atoms with Gasteiger partial charge in [-0.05, 0) is 74.9 Å². The Bertz CT molecular complexity index is 4660. The van der Waals surface area contributed by atoms with Gasteiger partial charge in [0.2, 0.25) is 92.7 Å². The van der Waals surface area contributed by atoms with E-state index < -0.39 is 284 Å². The number of hydrogen-bond acceptors (Lipinski definition) is 25. The van der Waals surface area contributed by atoms with Crippen molar-refractivity contribution in [2.45, 2.75) is 214 Å². The average molecular weight is 1760 g/mol. The summed E-state index contributed by atoms with van der Waals surface area (Å²) < 4.78 is 34.4. The maximum atomic E-state index is 15.0. The minimum Gasteiger partial charge on any atom is -0.481 e. The van der Waals surface area contributed by atoms with Gasteiger partial charge in [0.05, 0.1) is 56.7 Å². The van der Waals surface area contributed by atoms with Crippen molar-refractivity contribution in [3.63, 3.8) is 0 Å². The number of carbonyl (C=O) groups excluding carboxylic acids is 16. The number of Topliss-reactive ketones (excluding diaryl/α,β-unsaturated/α-hetero) is 1. The number of aliphatic hydroxyl groups is 1. The predicted molar refractivity (Wildman–Crippen MR) is 433 cm³/mol. The van der Waals surface area contributed by atoms with Crippen molar-refractivity contribution < 1.29 is 135 Å². The number of amides is 14. The zero-order chi connectivity index (χ0) is 92.1. The quantitative estimate of drug-likeness (QED) is 0.00869. The van der Waals surface area contributed by atoms with E-state index in [-0.39, 0.29) is 29.0 Å². The van der Waals surface area contributed by atoms with E-state index in [1.165, 1.54) is 54.6 Å². The normalized spacial score (nSPS) is 20.6. The number of fused-ring (bicyclic) bond motifs is 1. The Morgan fingerprint density at radius 1 is 0.540 bits per heavy atom. The van der Waals surface area contributed by atoms with Gasteiger partial charge in [0, 0.05) is 54.2 Å². The second-order valence-corrected chi connectivity index (χ2v) is 30.9. The summed E-state index contributed by atoms with van der Waals surface area (Å²) in [4.78, 5) is 279. The summed E-state index contributed by atoms with van der Waals surface area (Å²) in [6, 6.07) is -4.56. The van der Waals surface area contributed by atoms with Crippen LogP contribution in [0.1, 0.15) is 146 Å². The molecule has 13 unspecified atom stereocenters. The van der Waals surface area contributed by atoms with Gasteiger partial charge in [-0.15, -0.1) is 0 Å². The van der Waals surface area contributed by atoms with Crippen molar-refractivity contribution in [2.24, 2.45) is 11.7 Å². The number of nitrogen functional groups attached to an aromatic ring is 1. The molecule has 3 aromatic carbocycles. The Morgan fingerprint density at radius 3 is 1.69 bits per heavy atom. The molecular weight excluding hydrogens is 1660 g/mol. The Labute approximate surface area is 709 Å². The number of primary amides is 1. The average Bonchev–Trinajstić information content (AvgIpc) is 1.64. The highest BCUT2D eigenvalue weighted by atomic mass is 32.2. The summed E-state index contributed by atoms with van der Waals surface area (Å²) in [5.41, 5.74) is 12.3. The zero-order valence-electron chi connectivity index (χ0n) is 68.1. The number of unbranched alkanes of at least 4 members (excludes halogenated alkanes) is 6. The lowest BCUT2D eigenvalue weighted by Crippen LogP contribution is -2.62. The monoisotopic (exact) mass is 1760 g/mol. The summed E-state index contributed by atoms with van der Waals surface area (Å²) in [5.74, 6) is -30.6. The molecule has 45 nitrogen and oxygen atoms in total. The van der Waals surface area contributed by atoms with Gasteiger partial charge in [-0.3, -0.25) is 91.1 Å². The number of rotatable bonds is 38. The molecule has 14 amide bonds. The van der Waals surface area contributed by atoms with Crippen LogP contribution in [0, 0.1) is 5.92 Å². The number of carboxylic acid groups (broad SMARTS) is 4. The number of ether oxygens (including phenoxy) is 1. The summed E-state index contributed by atoms with van der Waals surface area (Å²) >= 11 is 0. The van der Waals surface area contributed by atoms with Crippen LogP contribution in [-0.2, 0) is 112 Å². The number of aliphatic carboxylic acids is 4. The molecule has 2 heterocycles. The van der Waals surface area contributed by atoms with Crippen molar-refractivity contribution in [3.8, 4) is 0 Å². The van der Waals surface area contributed by atoms with E-state index in [0.717, 1.165) is 52.9 Å². The van der Waals surface area contributed by atoms with Crippen LogP contribution in [0.4, 0.5) is 5.69 Å². The third-order valence-corrected chi connectivity index (χ3v) is 20.7. The summed E-state index contributed by atoms with van der Waals surface area (Å²) in [6.07, 6.45) is -3.31. The second kappa shape index (κ2) is 50.0. The number of aromatic amines is 1. The molecule has 1 aliphatic rings. The molecule has 4 aromatic rings. The van der Waals surface area contributed by atoms with Gasteiger partial charge in [0.15, 0.2) is 5.78 Å². The van der Waals surface area contributed by atoms with Crippen LogP contribution in [0.5, 0.6) is 0 Å². The molecule has 0 radical (unpaired) electrons. The molecular formula is C78H105N17O28S. The number of benzene rings is 3. The van der Waals surface area contributed by atoms with Gasteiger partial charge in [0.1, 0.15) is 72.6 Å². The molecule has 5 rings (SSSR count). The first-order chi connectivity index (χ1) is 58.6. The number of carboxylic acids is 4. The summed E-state index contributed by atoms with van der Waals surface area (Å²) in [5, 5.41) is 78.9. The fraction of sp³-hybridized carbons (Fsp3) is 0.487. The largest absolute Gasteiger partial charge is 0.481 e. The van der Waals surface area contributed by atoms with E-state index in [1.807, 2.05) is 16.0 Å². The fourth-order valence-electron chi connectivity index (χ4n) is 12.6. The number of ketones is 1. The third kappa shape index (κ3) is 33.8. The Kier molecular flexibility index (Phi) is 40.8. The third-order valence-electron chi connectivity index (χ3n) is 19.2. The van der Waals surface area contributed by atoms with Crippen molar-refractivity contribution in [1.82, 2.24) is 78.8 Å². The van der Waals surface area contributed by atoms with Crippen molar-refractivity contribution >= 4 is 145 Å². The lowest BCUT2D eigenvalue weighted by atomic mass is 9.96. The highest BCUT2D eigenvalue weighted by molar-refractivity contribution is 7.89. The number of anilines is 1. The first-order valence-corrected chi connectivity index (χ1v) is 40.9. The molecule has 124 heavy (non-hydrogen) atoms. The number of H-pyrrole nitrogens is 1. The van der Waals surface area contributed by atoms with Gasteiger partial charge in [-0.1, -0.05) is 101 Å². The van der Waals surface area contributed by atoms with E-state index in [1.54, 1.807) is 30.5 Å². The van der Waals surface area contributed by atoms with Crippen molar-refractivity contribution in [1.29, 1.82) is 0 Å². The van der Waals surface area contributed by atoms with Crippen molar-refractivity contribution in [3.05, 3.63) is 96.2 Å². The van der Waals surface area contributed by atoms with Crippen LogP contribution < -0.4 is 85.3 Å². The van der Waals surface area contributed by atoms with Crippen LogP contribution in [0.2, 0.25) is 0 Å². The topological polar surface area (TPSA) is 722 Å². The molecule has 46 heteroatoms. The summed E-state index contributed by atoms with van der Waals surface area (Å²) in [6.45, 7) is 0.548. The lowest BCUT2D eigenvalue weighted by molar-refractivity contribution is -0.156. The molecule has 0 saturated carbocycles. The SMILES string of the molecule is CCCCCCCCCC(=O)NC(Cc1c[nH]c2ccccc12)C(=O)NC(CC(N)=O)C(=O)NC(CC(=O)O)C(=O)NC1C(=O)NCC(=O)NC(CCCNS(=O)(=O)c2ccccc2)C(=O)NC(CC(=O)O)C(=O)NC(C)C(=O)NC(CC(=O)O)C(=O)NCC(=O)NC(CO)C(=O)NC(C(C)CC(=O)O)C(=O)NC(CC(=O)c2ccccc2N)C(=O)OC1C. The molecule has 676 valence electrons. The number of sulfonamides is 1. The second-order valence-electron chi connectivity index (χ2n) is 29.2. The van der Waals surface area contributed by atoms with Gasteiger partial charge in [0.25, 0.3) is 0 Å². The van der Waals surface area contributed by atoms with Crippen LogP contribution in [0.3, 0.4) is 0 Å². The first-order valence-electron chi connectivity index (χ1n) is 39.4. The number of esters is 1. The molecule has 1 aliphatic heterocycles. The minimum absolute atomic E-state index is 0.0361. The van der Waals surface area contributed by atoms with E-state index in [0.29, 0.717) is 29.3 Å². The van der Waals surface area contributed by atoms with Crippen LogP contribution >= 0.6 is 0 Å². The molecule has 1 aromatic heterocycles. The predicted octanol–water partition coefficient (Wildman–Crippen LogP) is -4.60. The molecule has 13 atom stereocenters. The van der Waals surface area contributed by atoms with Crippen LogP contribution in [0.15, 0.2) is 90.0 Å². The minimum atomic E-state index is -4.27. The highest BCUT2D eigenvalue weighted by Crippen LogP contribution is 2.22. The highest BCUT2D eigenvalue weighted by Gasteiger charge is 2.41. The number of para-hydroxylation sites is 2. The van der Waals surface area contributed by atoms with Crippen LogP contribution in [-0.4, -0.2) is 256 Å². The van der Waals surface area contributed by atoms with Crippen LogP contribution in [0.25, 0.3) is 10.9 Å². The summed E-state index contributed by atoms with van der Waals surface area (Å²) in [7, 11) is -4.27. The molecule has 24 N–H and O–H groups in total. The number of hydrogen-bond donors (Lipinski definition) is 22. The Hall–Kier alpha value is -13.5. The van der Waals surface area contributed by atoms with E-state index in [2.05, 4.69) is 69.8 Å². The fourth-order valence-corrected chi connectivity index (χ4v) is 13.7. The number of nitrogens with two attached hydrogens (primary N) is 2. The Morgan fingerprint density at radius 2 is 1.08 bits per heavy atom. The molecule has 1 fully saturated rings. The number of nitrogens with one attached hydrogen (secondary N) is 15. The molecule has 0 bridgehead atoms. The standard InChI is InChI=1S/C78H105N17O28S/c1-5-6-7-8-9-10-14-27-59(99)87-50(30-43-36-81-48-25-18-16-22-45(43)48)72(114)90-51(32-58(80)98)73(115)92-54(35-65(108)109)74(116)95-67-42(4)123-78(120)55(31-57(97)46-23-15-17-24-47(46)79)93-77(119)66(40(2)29-62(102)103)94-75(117)56(39-96)88-61(101)37-82-69(111)52(33-63(104)105)89-68(110)41(3)85-71(113)53(34-64(106)107)91-70(112)49(86-60(100)38-83-76(67)118)26-19-28-84-124(121,122)44-20-12-11-13-21-44/h11-13,15-18,20-25,36,40-42,49-56,66-67,81,84,96H,5-10,14,19,26-35,37-39,79H2,1-4H3,(H2,80,98)(H,82,111)(H,83,118)(H,85,113)(H,86,100)(H,87,99)(H,88,101)(H,89,110)(H,90,114)(H,91,112)(H,92,115)(H,93,119)(H,94,117)(H,95,116)(H,102,103)(H,104,105)(H,106,107)(H,108,109). The first kappa shape index (κ1) is 101. The Balaban J connectivity index is 1.64. The number of aliphatic hydroxyl groups excluding tert-OH is 1. The van der Waals surface area contributed by atoms with Crippen molar-refractivity contribution in [2.75, 3.05) is 32.0 Å². The zero-order valence-corrected chi connectivity index (χ0v) is 68.9. The van der Waals surface area contributed by atoms with Gasteiger partial charge >= 0.3 is 29.8 Å². The molecule has 1 saturated heterocycles. The van der Waals surface area contributed by atoms with Gasteiger partial charge < -0.3 is 116 Å². The van der Waals surface area contributed by atoms with E-state index in [4.69, 9.17) is 16.2 Å². The molecule has 0 aliphatic carbocycles. The maximum Gasteiger partial charge on any atom is 0.329 e. The number of cyclic esters (lactones) is 1. The van der Waals surface area contributed by atoms with E-state index in [9.17, 15) is 130 Å². The van der Waals surface area contributed by atoms with E-state index >= 15 is 0 Å². The van der Waals surface area contributed by atoms with Gasteiger partial charge in [-0.25, -0.2) is 17.9 Å². The lowest BCUT2D eigenvalue weighted by Gasteiger charge is -2.30.